The Morgan fingerprint density at radius 2 is 2.00 bits per heavy atom. The number of likely N-dealkylation sites (tertiary alicyclic amines) is 1. The smallest absolute Gasteiger partial charge is 0.182 e. The van der Waals surface area contributed by atoms with E-state index in [0.29, 0.717) is 0 Å². The van der Waals surface area contributed by atoms with Crippen LogP contribution in [0.25, 0.3) is 11.4 Å². The van der Waals surface area contributed by atoms with Gasteiger partial charge in [-0.2, -0.15) is 5.10 Å². The summed E-state index contributed by atoms with van der Waals surface area (Å²) in [5.41, 5.74) is 0.980. The van der Waals surface area contributed by atoms with Gasteiger partial charge in [-0.15, -0.1) is 0 Å². The van der Waals surface area contributed by atoms with Crippen molar-refractivity contribution in [2.45, 2.75) is 38.4 Å². The zero-order valence-electron chi connectivity index (χ0n) is 17.0. The maximum atomic E-state index is 4.92. The van der Waals surface area contributed by atoms with Gasteiger partial charge in [0.1, 0.15) is 11.6 Å². The molecule has 0 spiro atoms. The van der Waals surface area contributed by atoms with E-state index in [4.69, 9.17) is 10.1 Å². The second kappa shape index (κ2) is 7.56. The number of hydrogen-bond donors (Lipinski definition) is 0. The van der Waals surface area contributed by atoms with Gasteiger partial charge in [-0.25, -0.2) is 14.6 Å². The van der Waals surface area contributed by atoms with Gasteiger partial charge in [-0.05, 0) is 51.4 Å². The third-order valence-corrected chi connectivity index (χ3v) is 5.84. The molecule has 1 aliphatic heterocycles. The van der Waals surface area contributed by atoms with Crippen molar-refractivity contribution in [1.82, 2.24) is 29.5 Å². The molecule has 7 heteroatoms. The number of pyridine rings is 1. The molecule has 2 aromatic heterocycles. The Labute approximate surface area is 162 Å². The largest absolute Gasteiger partial charge is 0.363 e. The van der Waals surface area contributed by atoms with Gasteiger partial charge in [0.2, 0.25) is 0 Å². The fourth-order valence-corrected chi connectivity index (χ4v) is 4.27. The van der Waals surface area contributed by atoms with E-state index < -0.39 is 0 Å². The molecule has 2 bridgehead atoms. The predicted octanol–water partition coefficient (Wildman–Crippen LogP) is 1.95. The predicted molar refractivity (Wildman–Crippen MR) is 108 cm³/mol. The first-order chi connectivity index (χ1) is 13.0. The van der Waals surface area contributed by atoms with Crippen LogP contribution in [0.2, 0.25) is 0 Å². The highest BCUT2D eigenvalue weighted by Gasteiger charge is 2.38. The van der Waals surface area contributed by atoms with E-state index in [9.17, 15) is 0 Å². The highest BCUT2D eigenvalue weighted by Crippen LogP contribution is 2.38. The number of rotatable bonds is 7. The van der Waals surface area contributed by atoms with Crippen LogP contribution in [0.3, 0.4) is 0 Å². The third-order valence-electron chi connectivity index (χ3n) is 5.84. The number of anilines is 1. The summed E-state index contributed by atoms with van der Waals surface area (Å²) in [6.07, 6.45) is 6.00. The fraction of sp³-hybridized carbons (Fsp3) is 0.650. The van der Waals surface area contributed by atoms with Crippen molar-refractivity contribution in [3.05, 3.63) is 24.2 Å². The Hall–Kier alpha value is -1.99. The van der Waals surface area contributed by atoms with E-state index in [0.717, 1.165) is 54.6 Å². The van der Waals surface area contributed by atoms with Crippen molar-refractivity contribution in [2.75, 3.05) is 46.2 Å². The van der Waals surface area contributed by atoms with E-state index >= 15 is 0 Å². The molecule has 3 heterocycles. The average Bonchev–Trinajstić information content (AvgIpc) is 3.36. The van der Waals surface area contributed by atoms with Gasteiger partial charge in [-0.3, -0.25) is 4.90 Å². The normalized spacial score (nSPS) is 22.1. The summed E-state index contributed by atoms with van der Waals surface area (Å²) in [5.74, 6) is 3.71. The van der Waals surface area contributed by atoms with E-state index in [1.165, 1.54) is 25.8 Å². The molecule has 1 saturated heterocycles. The molecule has 2 unspecified atom stereocenters. The van der Waals surface area contributed by atoms with E-state index in [-0.39, 0.29) is 0 Å². The maximum absolute atomic E-state index is 4.92. The lowest BCUT2D eigenvalue weighted by Gasteiger charge is -2.26. The van der Waals surface area contributed by atoms with E-state index in [1.807, 2.05) is 31.3 Å². The van der Waals surface area contributed by atoms with Crippen molar-refractivity contribution in [3.8, 4) is 11.4 Å². The summed E-state index contributed by atoms with van der Waals surface area (Å²) in [6.45, 7) is 3.95. The standard InChI is InChI=1S/C20H31N7/c1-24(2)9-10-27-19(14-26-13-15-5-7-17(26)11-15)22-20(23-27)16-6-8-18(21-12-16)25(3)4/h6,8,12,15,17H,5,7,9-11,13-14H2,1-4H3. The quantitative estimate of drug-likeness (QED) is 0.744. The molecule has 4 rings (SSSR count). The van der Waals surface area contributed by atoms with Crippen LogP contribution in [0.1, 0.15) is 25.1 Å². The Morgan fingerprint density at radius 1 is 1.15 bits per heavy atom. The average molecular weight is 370 g/mol. The van der Waals surface area contributed by atoms with E-state index in [2.05, 4.69) is 39.6 Å². The van der Waals surface area contributed by atoms with Crippen LogP contribution in [0.4, 0.5) is 5.82 Å². The topological polar surface area (TPSA) is 53.3 Å². The molecule has 2 aliphatic rings. The van der Waals surface area contributed by atoms with Crippen molar-refractivity contribution in [3.63, 3.8) is 0 Å². The minimum absolute atomic E-state index is 0.749. The summed E-state index contributed by atoms with van der Waals surface area (Å²) in [6, 6.07) is 4.84. The first-order valence-electron chi connectivity index (χ1n) is 9.96. The summed E-state index contributed by atoms with van der Waals surface area (Å²) in [7, 11) is 8.19. The van der Waals surface area contributed by atoms with Crippen LogP contribution < -0.4 is 4.90 Å². The lowest BCUT2D eigenvalue weighted by Crippen LogP contribution is -2.33. The second-order valence-corrected chi connectivity index (χ2v) is 8.44. The first-order valence-corrected chi connectivity index (χ1v) is 9.96. The molecular formula is C20H31N7. The molecule has 0 N–H and O–H groups in total. The number of likely N-dealkylation sites (N-methyl/N-ethyl adjacent to an activating group) is 1. The number of piperidine rings is 1. The van der Waals surface area contributed by atoms with Crippen LogP contribution in [0.5, 0.6) is 0 Å². The Balaban J connectivity index is 1.56. The summed E-state index contributed by atoms with van der Waals surface area (Å²) >= 11 is 0. The van der Waals surface area contributed by atoms with Crippen molar-refractivity contribution < 1.29 is 0 Å². The third kappa shape index (κ3) is 3.99. The summed E-state index contributed by atoms with van der Waals surface area (Å²) in [4.78, 5) is 16.2. The monoisotopic (exact) mass is 369 g/mol. The van der Waals surface area contributed by atoms with Crippen molar-refractivity contribution in [1.29, 1.82) is 0 Å². The maximum Gasteiger partial charge on any atom is 0.182 e. The van der Waals surface area contributed by atoms with Crippen LogP contribution in [0, 0.1) is 5.92 Å². The molecule has 7 nitrogen and oxygen atoms in total. The Bertz CT molecular complexity index is 765. The highest BCUT2D eigenvalue weighted by atomic mass is 15.4. The highest BCUT2D eigenvalue weighted by molar-refractivity contribution is 5.55. The summed E-state index contributed by atoms with van der Waals surface area (Å²) in [5, 5.41) is 4.83. The molecule has 1 saturated carbocycles. The van der Waals surface area contributed by atoms with Crippen LogP contribution in [-0.4, -0.2) is 76.9 Å². The molecule has 0 amide bonds. The lowest BCUT2D eigenvalue weighted by atomic mass is 10.1. The first kappa shape index (κ1) is 18.4. The van der Waals surface area contributed by atoms with Crippen molar-refractivity contribution >= 4 is 5.82 Å². The van der Waals surface area contributed by atoms with Gasteiger partial charge in [0, 0.05) is 45.0 Å². The molecule has 2 aromatic rings. The molecule has 1 aliphatic carbocycles. The van der Waals surface area contributed by atoms with Crippen LogP contribution in [0.15, 0.2) is 18.3 Å². The second-order valence-electron chi connectivity index (χ2n) is 8.44. The molecule has 2 atom stereocenters. The van der Waals surface area contributed by atoms with Gasteiger partial charge in [-0.1, -0.05) is 0 Å². The zero-order chi connectivity index (χ0) is 19.0. The number of nitrogens with zero attached hydrogens (tertiary/aromatic N) is 7. The molecule has 146 valence electrons. The molecule has 0 radical (unpaired) electrons. The summed E-state index contributed by atoms with van der Waals surface area (Å²) < 4.78 is 2.10. The van der Waals surface area contributed by atoms with Crippen LogP contribution >= 0.6 is 0 Å². The van der Waals surface area contributed by atoms with Gasteiger partial charge in [0.15, 0.2) is 5.82 Å². The SMILES string of the molecule is CN(C)CCn1nc(-c2ccc(N(C)C)nc2)nc1CN1CC2CCC1C2. The number of hydrogen-bond acceptors (Lipinski definition) is 6. The Kier molecular flexibility index (Phi) is 5.14. The molecule has 27 heavy (non-hydrogen) atoms. The van der Waals surface area contributed by atoms with Gasteiger partial charge in [0.25, 0.3) is 0 Å². The molecular weight excluding hydrogens is 338 g/mol. The van der Waals surface area contributed by atoms with E-state index in [1.54, 1.807) is 0 Å². The molecule has 0 aromatic carbocycles. The van der Waals surface area contributed by atoms with Crippen molar-refractivity contribution in [2.24, 2.45) is 5.92 Å². The number of fused-ring (bicyclic) bond motifs is 2. The van der Waals surface area contributed by atoms with Gasteiger partial charge >= 0.3 is 0 Å². The lowest BCUT2D eigenvalue weighted by molar-refractivity contribution is 0.196. The van der Waals surface area contributed by atoms with Crippen LogP contribution in [-0.2, 0) is 13.1 Å². The number of aromatic nitrogens is 4. The zero-order valence-corrected chi connectivity index (χ0v) is 17.0. The van der Waals surface area contributed by atoms with Gasteiger partial charge < -0.3 is 9.80 Å². The van der Waals surface area contributed by atoms with Gasteiger partial charge in [0.05, 0.1) is 13.1 Å². The minimum Gasteiger partial charge on any atom is -0.363 e. The molecule has 2 fully saturated rings. The minimum atomic E-state index is 0.749. The fourth-order valence-electron chi connectivity index (χ4n) is 4.27. The Morgan fingerprint density at radius 3 is 2.59 bits per heavy atom.